The number of rotatable bonds is 4. The first-order valence-corrected chi connectivity index (χ1v) is 5.06. The highest BCUT2D eigenvalue weighted by atomic mass is 31.2. The summed E-state index contributed by atoms with van der Waals surface area (Å²) in [6.07, 6.45) is 0.524. The number of hydrogen-bond acceptors (Lipinski definition) is 6. The van der Waals surface area contributed by atoms with Gasteiger partial charge in [-0.2, -0.15) is 0 Å². The quantitative estimate of drug-likeness (QED) is 0.267. The van der Waals surface area contributed by atoms with E-state index >= 15 is 0 Å². The lowest BCUT2D eigenvalue weighted by molar-refractivity contribution is 0.269. The molecule has 0 aliphatic heterocycles. The molecule has 7 heteroatoms. The van der Waals surface area contributed by atoms with E-state index < -0.39 is 8.60 Å². The van der Waals surface area contributed by atoms with Gasteiger partial charge in [0.25, 0.3) is 0 Å². The Balaban J connectivity index is 0. The van der Waals surface area contributed by atoms with E-state index in [1.165, 1.54) is 0 Å². The van der Waals surface area contributed by atoms with Gasteiger partial charge >= 0.3 is 8.60 Å². The van der Waals surface area contributed by atoms with Crippen molar-refractivity contribution in [2.75, 3.05) is 19.8 Å². The summed E-state index contributed by atoms with van der Waals surface area (Å²) in [5.41, 5.74) is 1.47. The monoisotopic (exact) mass is 228 g/mol. The Morgan fingerprint density at radius 2 is 1.36 bits per heavy atom. The molecule has 6 nitrogen and oxygen atoms in total. The van der Waals surface area contributed by atoms with Gasteiger partial charge in [-0.25, -0.2) is 0 Å². The van der Waals surface area contributed by atoms with Gasteiger partial charge in [-0.1, -0.05) is 5.57 Å². The fourth-order valence-electron chi connectivity index (χ4n) is 0.664. The van der Waals surface area contributed by atoms with Crippen LogP contribution in [0.25, 0.3) is 0 Å². The first kappa shape index (κ1) is 16.4. The maximum absolute atomic E-state index is 8.62. The average Bonchev–Trinajstić information content (AvgIpc) is 2.06. The van der Waals surface area contributed by atoms with E-state index in [1.807, 2.05) is 0 Å². The zero-order chi connectivity index (χ0) is 11.6. The van der Waals surface area contributed by atoms with E-state index in [0.29, 0.717) is 12.0 Å². The maximum atomic E-state index is 8.62. The van der Waals surface area contributed by atoms with Crippen molar-refractivity contribution < 1.29 is 30.0 Å². The summed E-state index contributed by atoms with van der Waals surface area (Å²) < 4.78 is 0. The Bertz CT molecular complexity index is 150. The summed E-state index contributed by atoms with van der Waals surface area (Å²) in [5, 5.41) is 25.7. The van der Waals surface area contributed by atoms with Crippen molar-refractivity contribution in [2.24, 2.45) is 0 Å². The van der Waals surface area contributed by atoms with Gasteiger partial charge in [-0.3, -0.25) is 0 Å². The number of hydrogen-bond donors (Lipinski definition) is 6. The predicted octanol–water partition coefficient (Wildman–Crippen LogP) is -1.14. The third-order valence-corrected chi connectivity index (χ3v) is 1.47. The molecule has 0 bridgehead atoms. The second-order valence-electron chi connectivity index (χ2n) is 2.44. The van der Waals surface area contributed by atoms with Crippen LogP contribution in [0.5, 0.6) is 0 Å². The molecule has 6 N–H and O–H groups in total. The van der Waals surface area contributed by atoms with Gasteiger partial charge in [0, 0.05) is 6.61 Å². The Morgan fingerprint density at radius 3 is 1.57 bits per heavy atom. The molecule has 0 aliphatic carbocycles. The third-order valence-electron chi connectivity index (χ3n) is 1.47. The fourth-order valence-corrected chi connectivity index (χ4v) is 0.664. The van der Waals surface area contributed by atoms with Crippen LogP contribution in [0.4, 0.5) is 0 Å². The molecule has 0 aromatic heterocycles. The van der Waals surface area contributed by atoms with Crippen LogP contribution in [0.2, 0.25) is 0 Å². The summed E-state index contributed by atoms with van der Waals surface area (Å²) in [6, 6.07) is 0. The minimum Gasteiger partial charge on any atom is -0.396 e. The summed E-state index contributed by atoms with van der Waals surface area (Å²) >= 11 is 0. The minimum absolute atomic E-state index is 0.0648. The predicted molar refractivity (Wildman–Crippen MR) is 52.2 cm³/mol. The van der Waals surface area contributed by atoms with Crippen LogP contribution in [0.1, 0.15) is 13.3 Å². The summed E-state index contributed by atoms with van der Waals surface area (Å²) in [4.78, 5) is 21.7. The Kier molecular flexibility index (Phi) is 12.9. The molecule has 0 aromatic rings. The number of aliphatic hydroxyl groups excluding tert-OH is 3. The van der Waals surface area contributed by atoms with Crippen molar-refractivity contribution >= 4 is 8.60 Å². The van der Waals surface area contributed by atoms with E-state index in [0.717, 1.165) is 5.57 Å². The van der Waals surface area contributed by atoms with Crippen molar-refractivity contribution in [3.05, 3.63) is 11.1 Å². The van der Waals surface area contributed by atoms with Gasteiger partial charge in [0.15, 0.2) is 0 Å². The third kappa shape index (κ3) is 11.9. The van der Waals surface area contributed by atoms with E-state index in [1.54, 1.807) is 6.92 Å². The Labute approximate surface area is 83.8 Å². The SMILES string of the molecule is CC(CCO)=C(CO)CO.OP(O)O. The molecule has 14 heavy (non-hydrogen) atoms. The second kappa shape index (κ2) is 11.0. The zero-order valence-corrected chi connectivity index (χ0v) is 8.85. The van der Waals surface area contributed by atoms with Gasteiger partial charge < -0.3 is 30.0 Å². The normalized spacial score (nSPS) is 9.43. The highest BCUT2D eigenvalue weighted by Crippen LogP contribution is 2.11. The molecule has 0 amide bonds. The maximum Gasteiger partial charge on any atom is 0.324 e. The number of aliphatic hydroxyl groups is 3. The lowest BCUT2D eigenvalue weighted by Gasteiger charge is -2.04. The summed E-state index contributed by atoms with van der Waals surface area (Å²) in [5.74, 6) is 0. The molecule has 0 rings (SSSR count). The molecule has 0 unspecified atom stereocenters. The van der Waals surface area contributed by atoms with Gasteiger partial charge in [-0.15, -0.1) is 0 Å². The van der Waals surface area contributed by atoms with Crippen molar-refractivity contribution in [3.8, 4) is 0 Å². The van der Waals surface area contributed by atoms with Crippen LogP contribution in [-0.4, -0.2) is 49.8 Å². The largest absolute Gasteiger partial charge is 0.396 e. The van der Waals surface area contributed by atoms with E-state index in [9.17, 15) is 0 Å². The second-order valence-corrected chi connectivity index (χ2v) is 2.98. The molecule has 0 heterocycles. The van der Waals surface area contributed by atoms with Crippen LogP contribution in [0.15, 0.2) is 11.1 Å². The van der Waals surface area contributed by atoms with Crippen LogP contribution >= 0.6 is 8.60 Å². The first-order chi connectivity index (χ1) is 6.49. The van der Waals surface area contributed by atoms with E-state index in [4.69, 9.17) is 30.0 Å². The fraction of sp³-hybridized carbons (Fsp3) is 0.714. The van der Waals surface area contributed by atoms with Gasteiger partial charge in [0.05, 0.1) is 13.2 Å². The minimum atomic E-state index is -2.62. The van der Waals surface area contributed by atoms with Gasteiger partial charge in [0.1, 0.15) is 0 Å². The molecular formula is C7H17O6P. The van der Waals surface area contributed by atoms with Crippen LogP contribution in [-0.2, 0) is 0 Å². The highest BCUT2D eigenvalue weighted by Gasteiger charge is 1.98. The van der Waals surface area contributed by atoms with Gasteiger partial charge in [-0.05, 0) is 18.9 Å². The Hall–Kier alpha value is -0.0700. The topological polar surface area (TPSA) is 121 Å². The van der Waals surface area contributed by atoms with Crippen molar-refractivity contribution in [2.45, 2.75) is 13.3 Å². The molecule has 86 valence electrons. The molecule has 0 aromatic carbocycles. The molecule has 0 saturated heterocycles. The zero-order valence-electron chi connectivity index (χ0n) is 7.96. The average molecular weight is 228 g/mol. The van der Waals surface area contributed by atoms with Gasteiger partial charge in [0.2, 0.25) is 0 Å². The van der Waals surface area contributed by atoms with Crippen molar-refractivity contribution in [3.63, 3.8) is 0 Å². The van der Waals surface area contributed by atoms with Crippen LogP contribution < -0.4 is 0 Å². The highest BCUT2D eigenvalue weighted by molar-refractivity contribution is 7.38. The lowest BCUT2D eigenvalue weighted by Crippen LogP contribution is -2.01. The standard InChI is InChI=1S/C7H14O3.H3O3P/c1-6(2-3-8)7(4-9)5-10;1-4(2)3/h8-10H,2-5H2,1H3;1-3H. The molecule has 0 radical (unpaired) electrons. The molecule has 0 aliphatic rings. The van der Waals surface area contributed by atoms with Crippen LogP contribution in [0.3, 0.4) is 0 Å². The van der Waals surface area contributed by atoms with E-state index in [-0.39, 0.29) is 19.8 Å². The first-order valence-electron chi connectivity index (χ1n) is 3.86. The summed E-state index contributed by atoms with van der Waals surface area (Å²) in [7, 11) is -2.62. The van der Waals surface area contributed by atoms with Crippen molar-refractivity contribution in [1.29, 1.82) is 0 Å². The van der Waals surface area contributed by atoms with E-state index in [2.05, 4.69) is 0 Å². The smallest absolute Gasteiger partial charge is 0.324 e. The molecule has 0 saturated carbocycles. The lowest BCUT2D eigenvalue weighted by atomic mass is 10.1. The van der Waals surface area contributed by atoms with Crippen LogP contribution in [0, 0.1) is 0 Å². The Morgan fingerprint density at radius 1 is 1.00 bits per heavy atom. The molecule has 0 fully saturated rings. The summed E-state index contributed by atoms with van der Waals surface area (Å²) in [6.45, 7) is 1.61. The van der Waals surface area contributed by atoms with Crippen molar-refractivity contribution in [1.82, 2.24) is 0 Å². The molecular weight excluding hydrogens is 211 g/mol. The molecule has 0 spiro atoms. The molecule has 0 atom stereocenters.